The van der Waals surface area contributed by atoms with Crippen LogP contribution in [0, 0.1) is 0 Å². The molecule has 0 saturated carbocycles. The van der Waals surface area contributed by atoms with E-state index in [0.29, 0.717) is 17.4 Å². The molecule has 0 spiro atoms. The number of carbonyl (C=O) groups excluding carboxylic acids is 1. The molecule has 0 aliphatic heterocycles. The zero-order chi connectivity index (χ0) is 54.9. The summed E-state index contributed by atoms with van der Waals surface area (Å²) in [7, 11) is 1.56. The highest BCUT2D eigenvalue weighted by Crippen LogP contribution is 2.43. The van der Waals surface area contributed by atoms with Gasteiger partial charge in [-0.2, -0.15) is 0 Å². The Morgan fingerprint density at radius 1 is 0.453 bits per heavy atom. The second kappa shape index (κ2) is 57.2. The monoisotopic (exact) mass is 1080 g/mol. The van der Waals surface area contributed by atoms with Crippen LogP contribution in [-0.2, 0) is 18.4 Å². The molecule has 0 fully saturated rings. The highest BCUT2D eigenvalue weighted by Gasteiger charge is 2.27. The molecule has 0 bridgehead atoms. The lowest BCUT2D eigenvalue weighted by Gasteiger charge is -2.25. The van der Waals surface area contributed by atoms with Crippen LogP contribution < -0.4 is 5.32 Å². The van der Waals surface area contributed by atoms with E-state index in [2.05, 4.69) is 55.6 Å². The molecule has 0 rings (SSSR count). The fourth-order valence-corrected chi connectivity index (χ4v) is 10.4. The molecule has 3 N–H and O–H groups in total. The Morgan fingerprint density at radius 3 is 1.15 bits per heavy atom. The number of phosphoric ester groups is 1. The molecule has 1 amide bonds. The number of likely N-dealkylation sites (N-methyl/N-ethyl adjacent to an activating group) is 1. The van der Waals surface area contributed by atoms with Crippen LogP contribution in [0.1, 0.15) is 316 Å². The van der Waals surface area contributed by atoms with Gasteiger partial charge in [0, 0.05) is 6.42 Å². The molecule has 0 aromatic carbocycles. The molecular weight excluding hydrogens is 948 g/mol. The normalized spacial score (nSPS) is 14.1. The van der Waals surface area contributed by atoms with Gasteiger partial charge in [0.15, 0.2) is 0 Å². The number of nitrogens with one attached hydrogen (secondary N) is 1. The SMILES string of the molecule is CCCCCCC/C=C\C/C=C\CCCCCCCCCCCCCCCCCCCCCCCCCCCCCC(=O)NC(COP(=O)(O)OCC[N+](C)(C)C)C(O)/C=C/CC/C=C/CCCCCCCCCC. The third-order valence-corrected chi connectivity index (χ3v) is 15.8. The molecule has 0 aliphatic carbocycles. The second-order valence-electron chi connectivity index (χ2n) is 23.5. The fraction of sp³-hybridized carbons (Fsp3) is 0.864. The number of phosphoric acid groups is 1. The van der Waals surface area contributed by atoms with Crippen molar-refractivity contribution < 1.29 is 32.9 Å². The number of carbonyl (C=O) groups is 1. The van der Waals surface area contributed by atoms with E-state index in [1.54, 1.807) is 6.08 Å². The number of aliphatic hydroxyl groups is 1. The number of allylic oxidation sites excluding steroid dienone is 7. The minimum absolute atomic E-state index is 0.0574. The van der Waals surface area contributed by atoms with E-state index in [9.17, 15) is 19.4 Å². The Labute approximate surface area is 467 Å². The van der Waals surface area contributed by atoms with Crippen LogP contribution in [-0.4, -0.2) is 73.4 Å². The van der Waals surface area contributed by atoms with Crippen LogP contribution in [0.25, 0.3) is 0 Å². The molecule has 8 nitrogen and oxygen atoms in total. The lowest BCUT2D eigenvalue weighted by molar-refractivity contribution is -0.870. The van der Waals surface area contributed by atoms with Gasteiger partial charge in [0.2, 0.25) is 5.91 Å². The highest BCUT2D eigenvalue weighted by atomic mass is 31.2. The maximum atomic E-state index is 13.0. The molecule has 3 atom stereocenters. The minimum Gasteiger partial charge on any atom is -0.387 e. The van der Waals surface area contributed by atoms with Crippen LogP contribution in [0.3, 0.4) is 0 Å². The Morgan fingerprint density at radius 2 is 0.773 bits per heavy atom. The van der Waals surface area contributed by atoms with E-state index < -0.39 is 20.0 Å². The molecule has 0 heterocycles. The summed E-state index contributed by atoms with van der Waals surface area (Å²) in [5.74, 6) is -0.182. The van der Waals surface area contributed by atoms with Gasteiger partial charge < -0.3 is 19.8 Å². The molecule has 0 radical (unpaired) electrons. The number of amides is 1. The quantitative estimate of drug-likeness (QED) is 0.0243. The molecule has 3 unspecified atom stereocenters. The van der Waals surface area contributed by atoms with E-state index in [4.69, 9.17) is 9.05 Å². The van der Waals surface area contributed by atoms with Gasteiger partial charge in [-0.15, -0.1) is 0 Å². The first-order valence-corrected chi connectivity index (χ1v) is 34.0. The number of aliphatic hydroxyl groups excluding tert-OH is 1. The van der Waals surface area contributed by atoms with Crippen LogP contribution in [0.4, 0.5) is 0 Å². The minimum atomic E-state index is -4.35. The van der Waals surface area contributed by atoms with Crippen LogP contribution >= 0.6 is 7.82 Å². The van der Waals surface area contributed by atoms with E-state index in [1.807, 2.05) is 27.2 Å². The van der Waals surface area contributed by atoms with Crippen molar-refractivity contribution in [3.63, 3.8) is 0 Å². The molecule has 0 aromatic heterocycles. The van der Waals surface area contributed by atoms with Crippen LogP contribution in [0.2, 0.25) is 0 Å². The lowest BCUT2D eigenvalue weighted by atomic mass is 10.0. The first kappa shape index (κ1) is 73.5. The predicted molar refractivity (Wildman–Crippen MR) is 327 cm³/mol. The maximum Gasteiger partial charge on any atom is 0.472 e. The van der Waals surface area contributed by atoms with Gasteiger partial charge in [0.25, 0.3) is 0 Å². The van der Waals surface area contributed by atoms with Crippen molar-refractivity contribution in [1.29, 1.82) is 0 Å². The Balaban J connectivity index is 3.89. The van der Waals surface area contributed by atoms with Gasteiger partial charge in [-0.25, -0.2) is 4.57 Å². The zero-order valence-electron chi connectivity index (χ0n) is 50.6. The molecule has 0 aliphatic rings. The number of unbranched alkanes of at least 4 members (excludes halogenated alkanes) is 41. The van der Waals surface area contributed by atoms with Gasteiger partial charge in [-0.05, 0) is 64.2 Å². The molecule has 75 heavy (non-hydrogen) atoms. The molecule has 442 valence electrons. The average molecular weight is 1080 g/mol. The summed E-state index contributed by atoms with van der Waals surface area (Å²) in [4.78, 5) is 23.3. The second-order valence-corrected chi connectivity index (χ2v) is 24.9. The molecule has 0 saturated heterocycles. The van der Waals surface area contributed by atoms with Crippen LogP contribution in [0.15, 0.2) is 48.6 Å². The van der Waals surface area contributed by atoms with Gasteiger partial charge in [-0.3, -0.25) is 13.8 Å². The number of hydrogen-bond donors (Lipinski definition) is 3. The van der Waals surface area contributed by atoms with E-state index in [-0.39, 0.29) is 19.1 Å². The number of hydrogen-bond acceptors (Lipinski definition) is 5. The molecule has 9 heteroatoms. The summed E-state index contributed by atoms with van der Waals surface area (Å²) < 4.78 is 23.7. The van der Waals surface area contributed by atoms with E-state index >= 15 is 0 Å². The van der Waals surface area contributed by atoms with E-state index in [1.165, 1.54) is 250 Å². The van der Waals surface area contributed by atoms with Gasteiger partial charge in [-0.1, -0.05) is 294 Å². The van der Waals surface area contributed by atoms with Gasteiger partial charge in [0.05, 0.1) is 39.9 Å². The van der Waals surface area contributed by atoms with Crippen molar-refractivity contribution in [3.05, 3.63) is 48.6 Å². The number of quaternary nitrogens is 1. The average Bonchev–Trinajstić information content (AvgIpc) is 3.37. The first-order valence-electron chi connectivity index (χ1n) is 32.5. The number of nitrogens with zero attached hydrogens (tertiary/aromatic N) is 1. The third kappa shape index (κ3) is 60.0. The topological polar surface area (TPSA) is 105 Å². The number of rotatable bonds is 60. The fourth-order valence-electron chi connectivity index (χ4n) is 9.68. The summed E-state index contributed by atoms with van der Waals surface area (Å²) in [6.45, 7) is 4.80. The van der Waals surface area contributed by atoms with Gasteiger partial charge >= 0.3 is 7.82 Å². The molecular formula is C66H128N2O6P+. The first-order chi connectivity index (χ1) is 36.5. The van der Waals surface area contributed by atoms with Crippen molar-refractivity contribution in [3.8, 4) is 0 Å². The third-order valence-electron chi connectivity index (χ3n) is 14.8. The van der Waals surface area contributed by atoms with Crippen molar-refractivity contribution >= 4 is 13.7 Å². The Kier molecular flexibility index (Phi) is 56.0. The van der Waals surface area contributed by atoms with Crippen LogP contribution in [0.5, 0.6) is 0 Å². The summed E-state index contributed by atoms with van der Waals surface area (Å²) in [5, 5.41) is 13.9. The van der Waals surface area contributed by atoms with Gasteiger partial charge in [0.1, 0.15) is 13.2 Å². The standard InChI is InChI=1S/C66H127N2O6P/c1-6-8-10-12-14-16-18-20-22-23-24-25-26-27-28-29-30-31-32-33-34-35-36-37-38-39-40-41-42-43-44-45-46-48-50-52-54-56-58-60-66(70)67-64(63-74-75(71,72)73-62-61-68(3,4)5)65(69)59-57-55-53-51-49-47-21-19-17-15-13-11-9-7-2/h18,20,23-24,49,51,57,59,64-65,69H,6-17,19,21-22,25-48,50,52-56,58,60-63H2,1-5H3,(H-,67,70,71,72)/p+1/b20-18-,24-23-,51-49+,59-57+. The zero-order valence-corrected chi connectivity index (χ0v) is 51.4. The largest absolute Gasteiger partial charge is 0.472 e. The smallest absolute Gasteiger partial charge is 0.387 e. The van der Waals surface area contributed by atoms with Crippen molar-refractivity contribution in [2.75, 3.05) is 40.9 Å². The highest BCUT2D eigenvalue weighted by molar-refractivity contribution is 7.47. The molecule has 0 aromatic rings. The van der Waals surface area contributed by atoms with E-state index in [0.717, 1.165) is 44.9 Å². The summed E-state index contributed by atoms with van der Waals surface area (Å²) in [5.41, 5.74) is 0. The summed E-state index contributed by atoms with van der Waals surface area (Å²) >= 11 is 0. The Bertz CT molecular complexity index is 1360. The predicted octanol–water partition coefficient (Wildman–Crippen LogP) is 20.3. The van der Waals surface area contributed by atoms with Crippen molar-refractivity contribution in [1.82, 2.24) is 5.32 Å². The maximum absolute atomic E-state index is 13.0. The summed E-state index contributed by atoms with van der Waals surface area (Å²) in [6.07, 6.45) is 76.9. The van der Waals surface area contributed by atoms with Crippen molar-refractivity contribution in [2.24, 2.45) is 0 Å². The van der Waals surface area contributed by atoms with Crippen molar-refractivity contribution in [2.45, 2.75) is 328 Å². The summed E-state index contributed by atoms with van der Waals surface area (Å²) in [6, 6.07) is -0.861. The Hall–Kier alpha value is -1.54. The lowest BCUT2D eigenvalue weighted by Crippen LogP contribution is -2.45.